The zero-order valence-electron chi connectivity index (χ0n) is 11.2. The second-order valence-corrected chi connectivity index (χ2v) is 4.61. The summed E-state index contributed by atoms with van der Waals surface area (Å²) in [5.74, 6) is 0. The molecule has 6 heteroatoms. The number of benzene rings is 1. The monoisotopic (exact) mass is 275 g/mol. The van der Waals surface area contributed by atoms with Crippen molar-refractivity contribution in [2.24, 2.45) is 0 Å². The second-order valence-electron chi connectivity index (χ2n) is 4.61. The highest BCUT2D eigenvalue weighted by atomic mass is 16.6. The normalized spacial score (nSPS) is 12.3. The first kappa shape index (κ1) is 14.2. The van der Waals surface area contributed by atoms with Crippen LogP contribution in [0.5, 0.6) is 0 Å². The van der Waals surface area contributed by atoms with Gasteiger partial charge in [0, 0.05) is 29.9 Å². The number of anilines is 1. The number of aromatic nitrogens is 1. The summed E-state index contributed by atoms with van der Waals surface area (Å²) in [6, 6.07) is 6.61. The van der Waals surface area contributed by atoms with Crippen molar-refractivity contribution in [1.82, 2.24) is 4.98 Å². The van der Waals surface area contributed by atoms with Crippen LogP contribution >= 0.6 is 0 Å². The van der Waals surface area contributed by atoms with Crippen molar-refractivity contribution < 1.29 is 10.0 Å². The van der Waals surface area contributed by atoms with Crippen molar-refractivity contribution in [3.63, 3.8) is 0 Å². The Morgan fingerprint density at radius 1 is 1.45 bits per heavy atom. The number of rotatable bonds is 6. The lowest BCUT2D eigenvalue weighted by Gasteiger charge is -2.13. The van der Waals surface area contributed by atoms with E-state index in [0.29, 0.717) is 17.4 Å². The Labute approximate surface area is 116 Å². The van der Waals surface area contributed by atoms with Crippen LogP contribution in [0.1, 0.15) is 19.8 Å². The van der Waals surface area contributed by atoms with Gasteiger partial charge < -0.3 is 10.4 Å². The van der Waals surface area contributed by atoms with Crippen LogP contribution in [-0.4, -0.2) is 27.7 Å². The van der Waals surface area contributed by atoms with Gasteiger partial charge in [-0.25, -0.2) is 4.98 Å². The molecule has 1 aromatic carbocycles. The van der Waals surface area contributed by atoms with Gasteiger partial charge in [-0.2, -0.15) is 0 Å². The van der Waals surface area contributed by atoms with Crippen LogP contribution in [-0.2, 0) is 0 Å². The van der Waals surface area contributed by atoms with Crippen molar-refractivity contribution in [3.05, 3.63) is 40.6 Å². The van der Waals surface area contributed by atoms with Gasteiger partial charge in [0.15, 0.2) is 0 Å². The topological polar surface area (TPSA) is 88.3 Å². The molecule has 0 amide bonds. The number of para-hydroxylation sites is 1. The van der Waals surface area contributed by atoms with Gasteiger partial charge in [-0.1, -0.05) is 25.5 Å². The SMILES string of the molecule is CCCC(O)CNc1ccnc2c([N+](=O)[O-])cccc12. The number of fused-ring (bicyclic) bond motifs is 1. The number of nitrogens with zero attached hydrogens (tertiary/aromatic N) is 2. The van der Waals surface area contributed by atoms with E-state index in [1.807, 2.05) is 6.92 Å². The number of hydrogen-bond donors (Lipinski definition) is 2. The molecule has 1 aromatic heterocycles. The molecule has 6 nitrogen and oxygen atoms in total. The summed E-state index contributed by atoms with van der Waals surface area (Å²) in [4.78, 5) is 14.6. The quantitative estimate of drug-likeness (QED) is 0.625. The lowest BCUT2D eigenvalue weighted by atomic mass is 10.1. The third-order valence-electron chi connectivity index (χ3n) is 3.10. The van der Waals surface area contributed by atoms with Gasteiger partial charge in [0.05, 0.1) is 11.0 Å². The maximum absolute atomic E-state index is 11.0. The highest BCUT2D eigenvalue weighted by molar-refractivity contribution is 5.96. The van der Waals surface area contributed by atoms with E-state index in [9.17, 15) is 15.2 Å². The number of aliphatic hydroxyl groups is 1. The van der Waals surface area contributed by atoms with Gasteiger partial charge in [0.1, 0.15) is 5.52 Å². The number of aliphatic hydroxyl groups excluding tert-OH is 1. The Morgan fingerprint density at radius 3 is 2.95 bits per heavy atom. The van der Waals surface area contributed by atoms with Crippen LogP contribution < -0.4 is 5.32 Å². The molecule has 0 bridgehead atoms. The standard InChI is InChI=1S/C14H17N3O3/c1-2-4-10(18)9-16-12-7-8-15-14-11(12)5-3-6-13(14)17(19)20/h3,5-8,10,18H,2,4,9H2,1H3,(H,15,16). The number of pyridine rings is 1. The van der Waals surface area contributed by atoms with E-state index in [-0.39, 0.29) is 5.69 Å². The lowest BCUT2D eigenvalue weighted by Crippen LogP contribution is -2.19. The Hall–Kier alpha value is -2.21. The molecule has 2 aromatic rings. The maximum Gasteiger partial charge on any atom is 0.295 e. The van der Waals surface area contributed by atoms with Crippen LogP contribution in [0.4, 0.5) is 11.4 Å². The zero-order chi connectivity index (χ0) is 14.5. The predicted molar refractivity (Wildman–Crippen MR) is 77.8 cm³/mol. The minimum absolute atomic E-state index is 0.0137. The van der Waals surface area contributed by atoms with E-state index in [4.69, 9.17) is 0 Å². The molecule has 1 unspecified atom stereocenters. The molecule has 1 heterocycles. The molecular formula is C14H17N3O3. The highest BCUT2D eigenvalue weighted by Gasteiger charge is 2.14. The first-order valence-electron chi connectivity index (χ1n) is 6.57. The summed E-state index contributed by atoms with van der Waals surface area (Å²) in [6.07, 6.45) is 2.73. The van der Waals surface area contributed by atoms with E-state index >= 15 is 0 Å². The lowest BCUT2D eigenvalue weighted by molar-refractivity contribution is -0.383. The van der Waals surface area contributed by atoms with E-state index in [0.717, 1.165) is 18.5 Å². The van der Waals surface area contributed by atoms with Gasteiger partial charge in [0.2, 0.25) is 0 Å². The predicted octanol–water partition coefficient (Wildman–Crippen LogP) is 2.72. The molecule has 0 aliphatic carbocycles. The van der Waals surface area contributed by atoms with Gasteiger partial charge in [-0.3, -0.25) is 10.1 Å². The van der Waals surface area contributed by atoms with Crippen molar-refractivity contribution in [1.29, 1.82) is 0 Å². The van der Waals surface area contributed by atoms with Crippen LogP contribution in [0.3, 0.4) is 0 Å². The minimum atomic E-state index is -0.439. The van der Waals surface area contributed by atoms with Crippen LogP contribution in [0, 0.1) is 10.1 Å². The number of nitro groups is 1. The number of nitro benzene ring substituents is 1. The summed E-state index contributed by atoms with van der Waals surface area (Å²) in [5, 5.41) is 24.5. The van der Waals surface area contributed by atoms with Gasteiger partial charge in [0.25, 0.3) is 5.69 Å². The summed E-state index contributed by atoms with van der Waals surface area (Å²) < 4.78 is 0. The van der Waals surface area contributed by atoms with Crippen molar-refractivity contribution in [2.75, 3.05) is 11.9 Å². The smallest absolute Gasteiger partial charge is 0.295 e. The summed E-state index contributed by atoms with van der Waals surface area (Å²) in [7, 11) is 0. The van der Waals surface area contributed by atoms with E-state index < -0.39 is 11.0 Å². The molecule has 2 rings (SSSR count). The third-order valence-corrected chi connectivity index (χ3v) is 3.10. The number of non-ortho nitro benzene ring substituents is 1. The average molecular weight is 275 g/mol. The Bertz CT molecular complexity index is 616. The molecule has 0 radical (unpaired) electrons. The fourth-order valence-electron chi connectivity index (χ4n) is 2.12. The summed E-state index contributed by atoms with van der Waals surface area (Å²) >= 11 is 0. The molecule has 1 atom stereocenters. The van der Waals surface area contributed by atoms with Crippen LogP contribution in [0.25, 0.3) is 10.9 Å². The van der Waals surface area contributed by atoms with Crippen LogP contribution in [0.2, 0.25) is 0 Å². The van der Waals surface area contributed by atoms with E-state index in [1.165, 1.54) is 12.3 Å². The molecule has 20 heavy (non-hydrogen) atoms. The molecule has 0 aliphatic heterocycles. The highest BCUT2D eigenvalue weighted by Crippen LogP contribution is 2.28. The van der Waals surface area contributed by atoms with Gasteiger partial charge in [-0.15, -0.1) is 0 Å². The number of hydrogen-bond acceptors (Lipinski definition) is 5. The summed E-state index contributed by atoms with van der Waals surface area (Å²) in [6.45, 7) is 2.42. The second kappa shape index (κ2) is 6.29. The molecule has 0 spiro atoms. The molecule has 0 fully saturated rings. The Kier molecular flexibility index (Phi) is 4.47. The molecular weight excluding hydrogens is 258 g/mol. The molecule has 0 aliphatic rings. The van der Waals surface area contributed by atoms with Gasteiger partial charge >= 0.3 is 0 Å². The van der Waals surface area contributed by atoms with Crippen LogP contribution in [0.15, 0.2) is 30.5 Å². The summed E-state index contributed by atoms with van der Waals surface area (Å²) in [5.41, 5.74) is 1.08. The zero-order valence-corrected chi connectivity index (χ0v) is 11.2. The first-order chi connectivity index (χ1) is 9.63. The first-order valence-corrected chi connectivity index (χ1v) is 6.57. The fraction of sp³-hybridized carbons (Fsp3) is 0.357. The third kappa shape index (κ3) is 3.03. The molecule has 0 saturated heterocycles. The minimum Gasteiger partial charge on any atom is -0.391 e. The maximum atomic E-state index is 11.0. The fourth-order valence-corrected chi connectivity index (χ4v) is 2.12. The molecule has 0 saturated carbocycles. The van der Waals surface area contributed by atoms with E-state index in [1.54, 1.807) is 18.2 Å². The number of nitrogens with one attached hydrogen (secondary N) is 1. The van der Waals surface area contributed by atoms with Crippen molar-refractivity contribution >= 4 is 22.3 Å². The average Bonchev–Trinajstić information content (AvgIpc) is 2.44. The van der Waals surface area contributed by atoms with Crippen molar-refractivity contribution in [3.8, 4) is 0 Å². The largest absolute Gasteiger partial charge is 0.391 e. The molecule has 106 valence electrons. The Balaban J connectivity index is 2.31. The van der Waals surface area contributed by atoms with Gasteiger partial charge in [-0.05, 0) is 12.5 Å². The Morgan fingerprint density at radius 2 is 2.25 bits per heavy atom. The van der Waals surface area contributed by atoms with E-state index in [2.05, 4.69) is 10.3 Å². The molecule has 2 N–H and O–H groups in total. The van der Waals surface area contributed by atoms with Crippen molar-refractivity contribution in [2.45, 2.75) is 25.9 Å².